The number of alkyl halides is 1. The normalized spacial score (nSPS) is 17.6. The Bertz CT molecular complexity index is 495. The Morgan fingerprint density at radius 2 is 2.38 bits per heavy atom. The molecule has 3 nitrogen and oxygen atoms in total. The minimum atomic E-state index is 0.227. The predicted octanol–water partition coefficient (Wildman–Crippen LogP) is 3.12. The summed E-state index contributed by atoms with van der Waals surface area (Å²) < 4.78 is 1.11. The molecule has 1 atom stereocenters. The molecule has 0 radical (unpaired) electrons. The van der Waals surface area contributed by atoms with Crippen LogP contribution in [-0.2, 0) is 0 Å². The molecule has 0 saturated heterocycles. The van der Waals surface area contributed by atoms with E-state index in [9.17, 15) is 0 Å². The number of aromatic nitrogens is 2. The molecule has 2 aromatic rings. The van der Waals surface area contributed by atoms with E-state index >= 15 is 0 Å². The van der Waals surface area contributed by atoms with Crippen molar-refractivity contribution in [3.05, 3.63) is 17.8 Å². The van der Waals surface area contributed by atoms with E-state index < -0.39 is 0 Å². The Labute approximate surface area is 103 Å². The highest BCUT2D eigenvalue weighted by molar-refractivity contribution is 7.17. The molecule has 0 amide bonds. The van der Waals surface area contributed by atoms with Gasteiger partial charge in [0.2, 0.25) is 0 Å². The van der Waals surface area contributed by atoms with E-state index in [2.05, 4.69) is 15.3 Å². The molecule has 16 heavy (non-hydrogen) atoms. The van der Waals surface area contributed by atoms with Gasteiger partial charge in [0, 0.05) is 6.54 Å². The second-order valence-corrected chi connectivity index (χ2v) is 5.57. The minimum Gasteiger partial charge on any atom is -0.367 e. The average Bonchev–Trinajstić information content (AvgIpc) is 3.04. The molecule has 1 aliphatic carbocycles. The number of thiophene rings is 1. The Hall–Kier alpha value is -0.870. The molecule has 1 N–H and O–H groups in total. The van der Waals surface area contributed by atoms with Crippen molar-refractivity contribution < 1.29 is 0 Å². The van der Waals surface area contributed by atoms with Crippen LogP contribution in [-0.4, -0.2) is 21.9 Å². The van der Waals surface area contributed by atoms with Crippen molar-refractivity contribution >= 4 is 39.0 Å². The topological polar surface area (TPSA) is 37.8 Å². The SMILES string of the molecule is ClC(CNc1ncnc2ccsc12)C1CC1. The first-order valence-electron chi connectivity index (χ1n) is 5.41. The second kappa shape index (κ2) is 4.18. The highest BCUT2D eigenvalue weighted by Gasteiger charge is 2.29. The summed E-state index contributed by atoms with van der Waals surface area (Å²) in [7, 11) is 0. The van der Waals surface area contributed by atoms with E-state index in [1.807, 2.05) is 11.4 Å². The summed E-state index contributed by atoms with van der Waals surface area (Å²) >= 11 is 7.91. The monoisotopic (exact) mass is 253 g/mol. The smallest absolute Gasteiger partial charge is 0.147 e. The van der Waals surface area contributed by atoms with Crippen molar-refractivity contribution in [2.75, 3.05) is 11.9 Å². The zero-order chi connectivity index (χ0) is 11.0. The quantitative estimate of drug-likeness (QED) is 0.851. The number of rotatable bonds is 4. The molecular weight excluding hydrogens is 242 g/mol. The molecule has 3 rings (SSSR count). The van der Waals surface area contributed by atoms with Crippen LogP contribution in [0.15, 0.2) is 17.8 Å². The maximum Gasteiger partial charge on any atom is 0.147 e. The molecule has 0 bridgehead atoms. The van der Waals surface area contributed by atoms with Crippen LogP contribution in [0.4, 0.5) is 5.82 Å². The van der Waals surface area contributed by atoms with Crippen LogP contribution in [0.2, 0.25) is 0 Å². The van der Waals surface area contributed by atoms with Crippen molar-refractivity contribution in [3.8, 4) is 0 Å². The van der Waals surface area contributed by atoms with E-state index in [-0.39, 0.29) is 5.38 Å². The van der Waals surface area contributed by atoms with Crippen LogP contribution < -0.4 is 5.32 Å². The molecule has 0 spiro atoms. The summed E-state index contributed by atoms with van der Waals surface area (Å²) in [6.45, 7) is 0.788. The third kappa shape index (κ3) is 1.99. The number of hydrogen-bond acceptors (Lipinski definition) is 4. The van der Waals surface area contributed by atoms with Crippen LogP contribution >= 0.6 is 22.9 Å². The fourth-order valence-electron chi connectivity index (χ4n) is 1.73. The molecule has 2 aromatic heterocycles. The molecule has 84 valence electrons. The first-order chi connectivity index (χ1) is 7.84. The number of halogens is 1. The number of nitrogens with one attached hydrogen (secondary N) is 1. The predicted molar refractivity (Wildman–Crippen MR) is 68.3 cm³/mol. The molecule has 0 aromatic carbocycles. The van der Waals surface area contributed by atoms with Crippen molar-refractivity contribution in [2.45, 2.75) is 18.2 Å². The zero-order valence-electron chi connectivity index (χ0n) is 8.69. The third-order valence-corrected chi connectivity index (χ3v) is 4.26. The fourth-order valence-corrected chi connectivity index (χ4v) is 2.87. The van der Waals surface area contributed by atoms with Gasteiger partial charge < -0.3 is 5.32 Å². The van der Waals surface area contributed by atoms with E-state index in [1.165, 1.54) is 12.8 Å². The van der Waals surface area contributed by atoms with Gasteiger partial charge in [0.25, 0.3) is 0 Å². The number of nitrogens with zero attached hydrogens (tertiary/aromatic N) is 2. The van der Waals surface area contributed by atoms with E-state index in [0.29, 0.717) is 5.92 Å². The lowest BCUT2D eigenvalue weighted by molar-refractivity contribution is 0.769. The summed E-state index contributed by atoms with van der Waals surface area (Å²) in [5, 5.41) is 5.58. The Morgan fingerprint density at radius 3 is 3.19 bits per heavy atom. The number of anilines is 1. The largest absolute Gasteiger partial charge is 0.367 e. The Kier molecular flexibility index (Phi) is 2.69. The molecule has 2 heterocycles. The summed E-state index contributed by atoms with van der Waals surface area (Å²) in [5.74, 6) is 1.61. The maximum absolute atomic E-state index is 6.25. The zero-order valence-corrected chi connectivity index (χ0v) is 10.3. The molecule has 1 unspecified atom stereocenters. The molecule has 1 saturated carbocycles. The van der Waals surface area contributed by atoms with Crippen molar-refractivity contribution in [1.29, 1.82) is 0 Å². The highest BCUT2D eigenvalue weighted by Crippen LogP contribution is 2.36. The maximum atomic E-state index is 6.25. The molecule has 0 aliphatic heterocycles. The lowest BCUT2D eigenvalue weighted by Crippen LogP contribution is -2.16. The van der Waals surface area contributed by atoms with Gasteiger partial charge in [0.05, 0.1) is 15.6 Å². The van der Waals surface area contributed by atoms with Gasteiger partial charge in [0.15, 0.2) is 0 Å². The van der Waals surface area contributed by atoms with Gasteiger partial charge in [0.1, 0.15) is 12.1 Å². The van der Waals surface area contributed by atoms with Crippen molar-refractivity contribution in [2.24, 2.45) is 5.92 Å². The Balaban J connectivity index is 1.75. The minimum absolute atomic E-state index is 0.227. The molecular formula is C11H12ClN3S. The first-order valence-corrected chi connectivity index (χ1v) is 6.72. The highest BCUT2D eigenvalue weighted by atomic mass is 35.5. The van der Waals surface area contributed by atoms with E-state index in [4.69, 9.17) is 11.6 Å². The van der Waals surface area contributed by atoms with Gasteiger partial charge >= 0.3 is 0 Å². The van der Waals surface area contributed by atoms with E-state index in [1.54, 1.807) is 17.7 Å². The number of hydrogen-bond donors (Lipinski definition) is 1. The standard InChI is InChI=1S/C11H12ClN3S/c12-8(7-1-2-7)5-13-11-10-9(3-4-16-10)14-6-15-11/h3-4,6-8H,1-2,5H2,(H,13,14,15). The molecule has 5 heteroatoms. The molecule has 1 fully saturated rings. The third-order valence-electron chi connectivity index (χ3n) is 2.84. The van der Waals surface area contributed by atoms with Crippen LogP contribution in [0.3, 0.4) is 0 Å². The van der Waals surface area contributed by atoms with Gasteiger partial charge in [-0.15, -0.1) is 22.9 Å². The van der Waals surface area contributed by atoms with Crippen LogP contribution in [0, 0.1) is 5.92 Å². The molecule has 1 aliphatic rings. The lowest BCUT2D eigenvalue weighted by atomic mass is 10.3. The summed E-state index contributed by atoms with van der Waals surface area (Å²) in [5.41, 5.74) is 1.00. The summed E-state index contributed by atoms with van der Waals surface area (Å²) in [6.07, 6.45) is 4.14. The van der Waals surface area contributed by atoms with Gasteiger partial charge in [-0.05, 0) is 30.2 Å². The van der Waals surface area contributed by atoms with Crippen LogP contribution in [0.5, 0.6) is 0 Å². The number of fused-ring (bicyclic) bond motifs is 1. The van der Waals surface area contributed by atoms with Gasteiger partial charge in [-0.1, -0.05) is 0 Å². The van der Waals surface area contributed by atoms with Gasteiger partial charge in [-0.3, -0.25) is 0 Å². The van der Waals surface area contributed by atoms with Crippen LogP contribution in [0.25, 0.3) is 10.2 Å². The fraction of sp³-hybridized carbons (Fsp3) is 0.455. The van der Waals surface area contributed by atoms with E-state index in [0.717, 1.165) is 22.6 Å². The summed E-state index contributed by atoms with van der Waals surface area (Å²) in [4.78, 5) is 8.46. The summed E-state index contributed by atoms with van der Waals surface area (Å²) in [6, 6.07) is 2.01. The Morgan fingerprint density at radius 1 is 1.50 bits per heavy atom. The van der Waals surface area contributed by atoms with Crippen molar-refractivity contribution in [1.82, 2.24) is 9.97 Å². The van der Waals surface area contributed by atoms with Gasteiger partial charge in [-0.2, -0.15) is 0 Å². The average molecular weight is 254 g/mol. The van der Waals surface area contributed by atoms with Crippen molar-refractivity contribution in [3.63, 3.8) is 0 Å². The van der Waals surface area contributed by atoms with Crippen LogP contribution in [0.1, 0.15) is 12.8 Å². The second-order valence-electron chi connectivity index (χ2n) is 4.09. The first kappa shape index (κ1) is 10.3. The van der Waals surface area contributed by atoms with Gasteiger partial charge in [-0.25, -0.2) is 9.97 Å². The lowest BCUT2D eigenvalue weighted by Gasteiger charge is -2.10.